The zero-order valence-corrected chi connectivity index (χ0v) is 11.8. The summed E-state index contributed by atoms with van der Waals surface area (Å²) in [5.74, 6) is -0.527. The molecule has 104 valence electrons. The molecule has 0 spiro atoms. The first-order valence-electron chi connectivity index (χ1n) is 5.42. The Balaban J connectivity index is 3.04. The van der Waals surface area contributed by atoms with Gasteiger partial charge in [-0.25, -0.2) is 17.5 Å². The Labute approximate surface area is 112 Å². The van der Waals surface area contributed by atoms with Gasteiger partial charge in [0.05, 0.1) is 12.8 Å². The third-order valence-corrected chi connectivity index (χ3v) is 4.18. The Morgan fingerprint density at radius 3 is 2.53 bits per heavy atom. The van der Waals surface area contributed by atoms with Gasteiger partial charge in [-0.2, -0.15) is 0 Å². The number of ether oxygens (including phenoxy) is 1. The van der Waals surface area contributed by atoms with Crippen molar-refractivity contribution in [3.63, 3.8) is 0 Å². The van der Waals surface area contributed by atoms with Crippen LogP contribution >= 0.6 is 0 Å². The highest BCUT2D eigenvalue weighted by Crippen LogP contribution is 2.22. The van der Waals surface area contributed by atoms with Crippen molar-refractivity contribution >= 4 is 21.7 Å². The number of hydrogen-bond acceptors (Lipinski definition) is 5. The molecule has 0 aliphatic rings. The van der Waals surface area contributed by atoms with Gasteiger partial charge in [0.1, 0.15) is 4.90 Å². The number of nitrogens with one attached hydrogen (secondary N) is 1. The number of rotatable bonds is 5. The number of benzene rings is 1. The number of esters is 1. The normalized spacial score (nSPS) is 11.8. The van der Waals surface area contributed by atoms with Crippen LogP contribution in [0.5, 0.6) is 0 Å². The molecule has 0 radical (unpaired) electrons. The number of hydrogen-bond donors (Lipinski definition) is 1. The fraction of sp³-hybridized carbons (Fsp3) is 0.250. The van der Waals surface area contributed by atoms with E-state index in [1.165, 1.54) is 39.5 Å². The van der Waals surface area contributed by atoms with E-state index in [9.17, 15) is 13.2 Å². The molecule has 7 heteroatoms. The second kappa shape index (κ2) is 6.35. The Bertz CT molecular complexity index is 579. The maximum Gasteiger partial charge on any atom is 0.331 e. The van der Waals surface area contributed by atoms with Crippen LogP contribution in [-0.2, 0) is 19.6 Å². The second-order valence-electron chi connectivity index (χ2n) is 3.78. The van der Waals surface area contributed by atoms with Gasteiger partial charge in [0.25, 0.3) is 0 Å². The number of para-hydroxylation sites is 1. The fourth-order valence-corrected chi connectivity index (χ4v) is 2.32. The standard InChI is InChI=1S/C12H16N2O4S/c1-14(2)19(16,17)11-7-5-4-6-10(11)13-9-8-12(15)18-3/h4-9,13H,1-3H3/b9-8+. The van der Waals surface area contributed by atoms with Crippen molar-refractivity contribution in [2.24, 2.45) is 0 Å². The fourth-order valence-electron chi connectivity index (χ4n) is 1.28. The molecule has 1 aromatic rings. The van der Waals surface area contributed by atoms with Crippen molar-refractivity contribution < 1.29 is 17.9 Å². The molecule has 0 aliphatic carbocycles. The van der Waals surface area contributed by atoms with E-state index < -0.39 is 16.0 Å². The Morgan fingerprint density at radius 1 is 1.32 bits per heavy atom. The van der Waals surface area contributed by atoms with Gasteiger partial charge in [-0.1, -0.05) is 12.1 Å². The zero-order chi connectivity index (χ0) is 14.5. The largest absolute Gasteiger partial charge is 0.466 e. The summed E-state index contributed by atoms with van der Waals surface area (Å²) in [5, 5.41) is 2.75. The number of sulfonamides is 1. The predicted molar refractivity (Wildman–Crippen MR) is 72.1 cm³/mol. The number of methoxy groups -OCH3 is 1. The molecule has 0 unspecified atom stereocenters. The van der Waals surface area contributed by atoms with Gasteiger partial charge >= 0.3 is 5.97 Å². The summed E-state index contributed by atoms with van der Waals surface area (Å²) < 4.78 is 29.7. The van der Waals surface area contributed by atoms with Crippen LogP contribution in [0.15, 0.2) is 41.4 Å². The van der Waals surface area contributed by atoms with Crippen LogP contribution in [0, 0.1) is 0 Å². The van der Waals surface area contributed by atoms with Crippen molar-refractivity contribution in [2.75, 3.05) is 26.5 Å². The van der Waals surface area contributed by atoms with Crippen LogP contribution < -0.4 is 5.32 Å². The van der Waals surface area contributed by atoms with Gasteiger partial charge in [0.15, 0.2) is 0 Å². The second-order valence-corrected chi connectivity index (χ2v) is 5.90. The summed E-state index contributed by atoms with van der Waals surface area (Å²) in [6, 6.07) is 6.43. The topological polar surface area (TPSA) is 75.7 Å². The van der Waals surface area contributed by atoms with E-state index in [1.807, 2.05) is 0 Å². The van der Waals surface area contributed by atoms with Crippen LogP contribution in [0.4, 0.5) is 5.69 Å². The highest BCUT2D eigenvalue weighted by atomic mass is 32.2. The molecule has 0 atom stereocenters. The third-order valence-electron chi connectivity index (χ3n) is 2.31. The lowest BCUT2D eigenvalue weighted by atomic mass is 10.3. The van der Waals surface area contributed by atoms with Crippen LogP contribution in [0.3, 0.4) is 0 Å². The molecule has 0 amide bonds. The summed E-state index contributed by atoms with van der Waals surface area (Å²) in [6.45, 7) is 0. The first-order valence-corrected chi connectivity index (χ1v) is 6.86. The lowest BCUT2D eigenvalue weighted by molar-refractivity contribution is -0.134. The van der Waals surface area contributed by atoms with E-state index in [2.05, 4.69) is 10.1 Å². The lowest BCUT2D eigenvalue weighted by Crippen LogP contribution is -2.23. The molecule has 0 aromatic heterocycles. The molecule has 1 rings (SSSR count). The van der Waals surface area contributed by atoms with Crippen molar-refractivity contribution in [1.29, 1.82) is 0 Å². The number of carbonyl (C=O) groups excluding carboxylic acids is 1. The summed E-state index contributed by atoms with van der Waals surface area (Å²) in [7, 11) is 0.628. The van der Waals surface area contributed by atoms with E-state index in [1.54, 1.807) is 18.2 Å². The summed E-state index contributed by atoms with van der Waals surface area (Å²) in [6.07, 6.45) is 2.49. The van der Waals surface area contributed by atoms with Crippen molar-refractivity contribution in [3.05, 3.63) is 36.5 Å². The SMILES string of the molecule is COC(=O)/C=C/Nc1ccccc1S(=O)(=O)N(C)C. The van der Waals surface area contributed by atoms with Crippen molar-refractivity contribution in [1.82, 2.24) is 4.31 Å². The van der Waals surface area contributed by atoms with Crippen LogP contribution in [0.2, 0.25) is 0 Å². The quantitative estimate of drug-likeness (QED) is 0.646. The van der Waals surface area contributed by atoms with Gasteiger partial charge < -0.3 is 10.1 Å². The average molecular weight is 284 g/mol. The first-order chi connectivity index (χ1) is 8.89. The molecule has 0 bridgehead atoms. The molecule has 6 nitrogen and oxygen atoms in total. The summed E-state index contributed by atoms with van der Waals surface area (Å²) in [4.78, 5) is 11.1. The maximum atomic E-state index is 12.1. The molecular formula is C12H16N2O4S. The van der Waals surface area contributed by atoms with Crippen molar-refractivity contribution in [2.45, 2.75) is 4.90 Å². The van der Waals surface area contributed by atoms with Gasteiger partial charge in [0.2, 0.25) is 10.0 Å². The minimum absolute atomic E-state index is 0.134. The monoisotopic (exact) mass is 284 g/mol. The van der Waals surface area contributed by atoms with Crippen LogP contribution in [0.1, 0.15) is 0 Å². The zero-order valence-electron chi connectivity index (χ0n) is 11.0. The molecule has 0 saturated carbocycles. The van der Waals surface area contributed by atoms with E-state index in [4.69, 9.17) is 0 Å². The first kappa shape index (κ1) is 15.2. The molecule has 0 heterocycles. The summed E-state index contributed by atoms with van der Waals surface area (Å²) in [5.41, 5.74) is 0.386. The van der Waals surface area contributed by atoms with Gasteiger partial charge in [-0.3, -0.25) is 0 Å². The van der Waals surface area contributed by atoms with Crippen molar-refractivity contribution in [3.8, 4) is 0 Å². The Kier molecular flexibility index (Phi) is 5.08. The molecular weight excluding hydrogens is 268 g/mol. The minimum atomic E-state index is -3.54. The van der Waals surface area contributed by atoms with E-state index >= 15 is 0 Å². The molecule has 0 saturated heterocycles. The minimum Gasteiger partial charge on any atom is -0.466 e. The smallest absolute Gasteiger partial charge is 0.331 e. The highest BCUT2D eigenvalue weighted by Gasteiger charge is 2.20. The van der Waals surface area contributed by atoms with E-state index in [0.29, 0.717) is 5.69 Å². The highest BCUT2D eigenvalue weighted by molar-refractivity contribution is 7.89. The number of carbonyl (C=O) groups is 1. The molecule has 0 fully saturated rings. The van der Waals surface area contributed by atoms with Gasteiger partial charge in [0, 0.05) is 26.4 Å². The lowest BCUT2D eigenvalue weighted by Gasteiger charge is -2.14. The van der Waals surface area contributed by atoms with E-state index in [0.717, 1.165) is 4.31 Å². The number of nitrogens with zero attached hydrogens (tertiary/aromatic N) is 1. The molecule has 1 N–H and O–H groups in total. The summed E-state index contributed by atoms with van der Waals surface area (Å²) >= 11 is 0. The Hall–Kier alpha value is -1.86. The maximum absolute atomic E-state index is 12.1. The molecule has 0 aliphatic heterocycles. The van der Waals surface area contributed by atoms with E-state index in [-0.39, 0.29) is 4.90 Å². The van der Waals surface area contributed by atoms with Crippen LogP contribution in [-0.4, -0.2) is 39.9 Å². The predicted octanol–water partition coefficient (Wildman–Crippen LogP) is 1.04. The average Bonchev–Trinajstić information content (AvgIpc) is 2.38. The number of anilines is 1. The third kappa shape index (κ3) is 3.80. The van der Waals surface area contributed by atoms with Crippen LogP contribution in [0.25, 0.3) is 0 Å². The van der Waals surface area contributed by atoms with Gasteiger partial charge in [-0.05, 0) is 12.1 Å². The molecule has 1 aromatic carbocycles. The molecule has 19 heavy (non-hydrogen) atoms. The Morgan fingerprint density at radius 2 is 1.95 bits per heavy atom. The van der Waals surface area contributed by atoms with Gasteiger partial charge in [-0.15, -0.1) is 0 Å².